The first-order chi connectivity index (χ1) is 8.65. The van der Waals surface area contributed by atoms with E-state index in [1.807, 2.05) is 0 Å². The summed E-state index contributed by atoms with van der Waals surface area (Å²) >= 11 is 6.31. The zero-order chi connectivity index (χ0) is 13.0. The van der Waals surface area contributed by atoms with Gasteiger partial charge >= 0.3 is 0 Å². The Morgan fingerprint density at radius 3 is 2.89 bits per heavy atom. The van der Waals surface area contributed by atoms with Crippen molar-refractivity contribution in [3.63, 3.8) is 0 Å². The smallest absolute Gasteiger partial charge is 0.0521 e. The number of alkyl halides is 1. The highest BCUT2D eigenvalue weighted by Crippen LogP contribution is 2.28. The van der Waals surface area contributed by atoms with Gasteiger partial charge in [-0.05, 0) is 48.3 Å². The summed E-state index contributed by atoms with van der Waals surface area (Å²) in [6, 6.07) is 8.99. The maximum atomic E-state index is 6.31. The number of allylic oxidation sites excluding steroid dienone is 2. The first kappa shape index (κ1) is 13.7. The molecule has 98 valence electrons. The summed E-state index contributed by atoms with van der Waals surface area (Å²) in [4.78, 5) is 0. The first-order valence-electron chi connectivity index (χ1n) is 7.09. The van der Waals surface area contributed by atoms with E-state index in [0.717, 1.165) is 12.8 Å². The van der Waals surface area contributed by atoms with Crippen LogP contribution in [0.1, 0.15) is 50.7 Å². The van der Waals surface area contributed by atoms with Crippen molar-refractivity contribution >= 4 is 17.2 Å². The number of hydrogen-bond acceptors (Lipinski definition) is 0. The summed E-state index contributed by atoms with van der Waals surface area (Å²) in [6.45, 7) is 4.54. The molecule has 0 N–H and O–H groups in total. The minimum atomic E-state index is 0.219. The lowest BCUT2D eigenvalue weighted by atomic mass is 9.96. The van der Waals surface area contributed by atoms with E-state index in [2.05, 4.69) is 44.2 Å². The number of halogens is 1. The Labute approximate surface area is 116 Å². The van der Waals surface area contributed by atoms with Crippen LogP contribution in [-0.2, 0) is 6.42 Å². The molecule has 0 aromatic heterocycles. The van der Waals surface area contributed by atoms with Crippen LogP contribution < -0.4 is 0 Å². The highest BCUT2D eigenvalue weighted by atomic mass is 35.5. The molecule has 1 heteroatoms. The summed E-state index contributed by atoms with van der Waals surface area (Å²) in [5.74, 6) is 0.712. The van der Waals surface area contributed by atoms with Crippen LogP contribution >= 0.6 is 11.6 Å². The van der Waals surface area contributed by atoms with E-state index >= 15 is 0 Å². The van der Waals surface area contributed by atoms with Crippen LogP contribution in [0.15, 0.2) is 30.3 Å². The monoisotopic (exact) mass is 262 g/mol. The van der Waals surface area contributed by atoms with Crippen LogP contribution in [-0.4, -0.2) is 5.38 Å². The molecule has 1 aliphatic carbocycles. The maximum Gasteiger partial charge on any atom is 0.0521 e. The topological polar surface area (TPSA) is 0 Å². The van der Waals surface area contributed by atoms with Crippen molar-refractivity contribution in [2.24, 2.45) is 5.92 Å². The van der Waals surface area contributed by atoms with Crippen molar-refractivity contribution < 1.29 is 0 Å². The fourth-order valence-electron chi connectivity index (χ4n) is 2.65. The fraction of sp³-hybridized carbons (Fsp3) is 0.529. The van der Waals surface area contributed by atoms with Gasteiger partial charge in [-0.2, -0.15) is 0 Å². The van der Waals surface area contributed by atoms with Crippen LogP contribution in [0.5, 0.6) is 0 Å². The molecule has 1 atom stereocenters. The number of benzene rings is 1. The third-order valence-corrected chi connectivity index (χ3v) is 3.84. The predicted octanol–water partition coefficient (Wildman–Crippen LogP) is 5.45. The third kappa shape index (κ3) is 3.88. The molecule has 0 bridgehead atoms. The second-order valence-electron chi connectivity index (χ2n) is 5.75. The molecular formula is C17H23Cl. The molecule has 0 amide bonds. The highest BCUT2D eigenvalue weighted by molar-refractivity contribution is 6.22. The van der Waals surface area contributed by atoms with Gasteiger partial charge in [-0.3, -0.25) is 0 Å². The Morgan fingerprint density at radius 2 is 2.11 bits per heavy atom. The van der Waals surface area contributed by atoms with Gasteiger partial charge in [0.25, 0.3) is 0 Å². The Balaban J connectivity index is 2.21. The Kier molecular flexibility index (Phi) is 4.88. The second kappa shape index (κ2) is 6.43. The van der Waals surface area contributed by atoms with E-state index in [-0.39, 0.29) is 5.38 Å². The molecule has 0 saturated heterocycles. The SMILES string of the molecule is CC(C)Cc1cccc(C2=CC(Cl)CCCC2)c1. The van der Waals surface area contributed by atoms with Crippen molar-refractivity contribution in [2.45, 2.75) is 51.3 Å². The molecule has 1 aliphatic rings. The summed E-state index contributed by atoms with van der Waals surface area (Å²) < 4.78 is 0. The van der Waals surface area contributed by atoms with Gasteiger partial charge in [0.1, 0.15) is 0 Å². The second-order valence-corrected chi connectivity index (χ2v) is 6.31. The van der Waals surface area contributed by atoms with Crippen molar-refractivity contribution in [3.05, 3.63) is 41.5 Å². The van der Waals surface area contributed by atoms with Crippen molar-refractivity contribution in [1.29, 1.82) is 0 Å². The quantitative estimate of drug-likeness (QED) is 0.636. The Bertz CT molecular complexity index is 417. The molecule has 1 unspecified atom stereocenters. The van der Waals surface area contributed by atoms with Crippen molar-refractivity contribution in [3.8, 4) is 0 Å². The van der Waals surface area contributed by atoms with Gasteiger partial charge in [-0.25, -0.2) is 0 Å². The van der Waals surface area contributed by atoms with E-state index in [1.165, 1.54) is 36.0 Å². The number of rotatable bonds is 3. The lowest BCUT2D eigenvalue weighted by Crippen LogP contribution is -1.96. The van der Waals surface area contributed by atoms with Gasteiger partial charge in [-0.1, -0.05) is 50.6 Å². The molecule has 0 radical (unpaired) electrons. The predicted molar refractivity (Wildman–Crippen MR) is 81.1 cm³/mol. The molecule has 0 fully saturated rings. The van der Waals surface area contributed by atoms with Gasteiger partial charge in [0, 0.05) is 0 Å². The largest absolute Gasteiger partial charge is 0.118 e. The molecule has 0 spiro atoms. The standard InChI is InChI=1S/C17H23Cl/c1-13(2)10-14-6-5-8-15(11-14)16-7-3-4-9-17(18)12-16/h5-6,8,11-13,17H,3-4,7,9-10H2,1-2H3. The zero-order valence-electron chi connectivity index (χ0n) is 11.5. The number of hydrogen-bond donors (Lipinski definition) is 0. The van der Waals surface area contributed by atoms with Crippen LogP contribution in [0.2, 0.25) is 0 Å². The molecular weight excluding hydrogens is 240 g/mol. The fourth-order valence-corrected chi connectivity index (χ4v) is 2.96. The minimum Gasteiger partial charge on any atom is -0.118 e. The van der Waals surface area contributed by atoms with E-state index in [9.17, 15) is 0 Å². The van der Waals surface area contributed by atoms with Crippen LogP contribution in [0, 0.1) is 5.92 Å². The molecule has 1 aromatic rings. The average Bonchev–Trinajstić information content (AvgIpc) is 2.53. The van der Waals surface area contributed by atoms with Crippen molar-refractivity contribution in [1.82, 2.24) is 0 Å². The first-order valence-corrected chi connectivity index (χ1v) is 7.53. The van der Waals surface area contributed by atoms with Crippen LogP contribution in [0.4, 0.5) is 0 Å². The molecule has 0 saturated carbocycles. The van der Waals surface area contributed by atoms with Crippen LogP contribution in [0.3, 0.4) is 0 Å². The van der Waals surface area contributed by atoms with Gasteiger partial charge in [0.15, 0.2) is 0 Å². The Morgan fingerprint density at radius 1 is 1.28 bits per heavy atom. The van der Waals surface area contributed by atoms with E-state index in [1.54, 1.807) is 0 Å². The van der Waals surface area contributed by atoms with E-state index in [0.29, 0.717) is 5.92 Å². The van der Waals surface area contributed by atoms with Crippen molar-refractivity contribution in [2.75, 3.05) is 0 Å². The summed E-state index contributed by atoms with van der Waals surface area (Å²) in [5, 5.41) is 0.219. The van der Waals surface area contributed by atoms with E-state index < -0.39 is 0 Å². The molecule has 18 heavy (non-hydrogen) atoms. The minimum absolute atomic E-state index is 0.219. The lowest BCUT2D eigenvalue weighted by molar-refractivity contribution is 0.647. The zero-order valence-corrected chi connectivity index (χ0v) is 12.2. The Hall–Kier alpha value is -0.750. The highest BCUT2D eigenvalue weighted by Gasteiger charge is 2.11. The van der Waals surface area contributed by atoms with Gasteiger partial charge in [0.2, 0.25) is 0 Å². The summed E-state index contributed by atoms with van der Waals surface area (Å²) in [6.07, 6.45) is 8.24. The molecule has 1 aromatic carbocycles. The van der Waals surface area contributed by atoms with E-state index in [4.69, 9.17) is 11.6 Å². The van der Waals surface area contributed by atoms with Gasteiger partial charge < -0.3 is 0 Å². The molecule has 0 aliphatic heterocycles. The normalized spacial score (nSPS) is 20.7. The third-order valence-electron chi connectivity index (χ3n) is 3.50. The molecule has 0 nitrogen and oxygen atoms in total. The summed E-state index contributed by atoms with van der Waals surface area (Å²) in [5.41, 5.74) is 4.26. The van der Waals surface area contributed by atoms with Gasteiger partial charge in [-0.15, -0.1) is 11.6 Å². The van der Waals surface area contributed by atoms with Gasteiger partial charge in [0.05, 0.1) is 5.38 Å². The maximum absolute atomic E-state index is 6.31. The van der Waals surface area contributed by atoms with Crippen LogP contribution in [0.25, 0.3) is 5.57 Å². The summed E-state index contributed by atoms with van der Waals surface area (Å²) in [7, 11) is 0. The lowest BCUT2D eigenvalue weighted by Gasteiger charge is -2.10. The molecule has 2 rings (SSSR count). The molecule has 0 heterocycles. The average molecular weight is 263 g/mol.